The van der Waals surface area contributed by atoms with Gasteiger partial charge in [-0.05, 0) is 67.8 Å². The minimum absolute atomic E-state index is 0.173. The minimum atomic E-state index is -0.173. The van der Waals surface area contributed by atoms with E-state index in [2.05, 4.69) is 4.98 Å². The van der Waals surface area contributed by atoms with Gasteiger partial charge in [-0.1, -0.05) is 24.3 Å². The molecule has 3 aromatic rings. The predicted octanol–water partition coefficient (Wildman–Crippen LogP) is 5.08. The van der Waals surface area contributed by atoms with E-state index in [-0.39, 0.29) is 5.91 Å². The molecule has 0 saturated carbocycles. The zero-order chi connectivity index (χ0) is 18.7. The normalized spacial score (nSPS) is 10.5. The van der Waals surface area contributed by atoms with E-state index in [0.29, 0.717) is 17.3 Å². The molecule has 0 bridgehead atoms. The lowest BCUT2D eigenvalue weighted by Crippen LogP contribution is -2.27. The van der Waals surface area contributed by atoms with Gasteiger partial charge < -0.3 is 9.64 Å². The molecule has 0 aliphatic carbocycles. The molecule has 0 aliphatic rings. The number of hydrogen-bond donors (Lipinski definition) is 0. The second kappa shape index (κ2) is 7.40. The monoisotopic (exact) mass is 346 g/mol. The Morgan fingerprint density at radius 3 is 2.27 bits per heavy atom. The smallest absolute Gasteiger partial charge is 0.276 e. The first-order valence-corrected chi connectivity index (χ1v) is 8.50. The van der Waals surface area contributed by atoms with Gasteiger partial charge in [0.05, 0.1) is 0 Å². The van der Waals surface area contributed by atoms with Gasteiger partial charge in [-0.15, -0.1) is 0 Å². The standard InChI is InChI=1S/C22H22N2O2/c1-15-7-5-9-18(11-15)24(4)22(25)20-13-17(3)14-21(23-20)26-19-10-6-8-16(2)12-19/h5-14H,1-4H3. The molecule has 0 radical (unpaired) electrons. The maximum atomic E-state index is 12.9. The molecule has 0 spiro atoms. The summed E-state index contributed by atoms with van der Waals surface area (Å²) in [7, 11) is 1.75. The van der Waals surface area contributed by atoms with Gasteiger partial charge in [0.2, 0.25) is 5.88 Å². The summed E-state index contributed by atoms with van der Waals surface area (Å²) in [6, 6.07) is 19.2. The summed E-state index contributed by atoms with van der Waals surface area (Å²) in [6.07, 6.45) is 0. The Hall–Kier alpha value is -3.14. The van der Waals surface area contributed by atoms with E-state index >= 15 is 0 Å². The maximum Gasteiger partial charge on any atom is 0.276 e. The SMILES string of the molecule is Cc1cccc(Oc2cc(C)cc(C(=O)N(C)c3cccc(C)c3)n2)c1. The molecule has 3 rings (SSSR count). The molecule has 132 valence electrons. The minimum Gasteiger partial charge on any atom is -0.439 e. The van der Waals surface area contributed by atoms with Crippen molar-refractivity contribution in [1.82, 2.24) is 4.98 Å². The van der Waals surface area contributed by atoms with Crippen LogP contribution in [0.1, 0.15) is 27.2 Å². The van der Waals surface area contributed by atoms with Crippen molar-refractivity contribution in [2.75, 3.05) is 11.9 Å². The number of aryl methyl sites for hydroxylation is 3. The highest BCUT2D eigenvalue weighted by Gasteiger charge is 2.17. The molecule has 0 unspecified atom stereocenters. The van der Waals surface area contributed by atoms with Crippen molar-refractivity contribution in [3.8, 4) is 11.6 Å². The fourth-order valence-electron chi connectivity index (χ4n) is 2.72. The Morgan fingerprint density at radius 2 is 1.58 bits per heavy atom. The highest BCUT2D eigenvalue weighted by atomic mass is 16.5. The highest BCUT2D eigenvalue weighted by molar-refractivity contribution is 6.04. The third-order valence-corrected chi connectivity index (χ3v) is 4.07. The number of rotatable bonds is 4. The molecule has 2 aromatic carbocycles. The number of carbonyl (C=O) groups is 1. The number of benzene rings is 2. The molecule has 0 fully saturated rings. The van der Waals surface area contributed by atoms with Gasteiger partial charge in [-0.2, -0.15) is 0 Å². The number of amides is 1. The molecule has 1 aromatic heterocycles. The van der Waals surface area contributed by atoms with Crippen LogP contribution in [-0.4, -0.2) is 17.9 Å². The van der Waals surface area contributed by atoms with E-state index < -0.39 is 0 Å². The quantitative estimate of drug-likeness (QED) is 0.662. The summed E-state index contributed by atoms with van der Waals surface area (Å²) in [6.45, 7) is 5.93. The fourth-order valence-corrected chi connectivity index (χ4v) is 2.72. The van der Waals surface area contributed by atoms with Gasteiger partial charge in [0, 0.05) is 18.8 Å². The number of aromatic nitrogens is 1. The second-order valence-electron chi connectivity index (χ2n) is 6.49. The number of carbonyl (C=O) groups excluding carboxylic acids is 1. The molecule has 0 atom stereocenters. The van der Waals surface area contributed by atoms with E-state index in [1.807, 2.05) is 75.4 Å². The van der Waals surface area contributed by atoms with Crippen LogP contribution in [0.25, 0.3) is 0 Å². The van der Waals surface area contributed by atoms with E-state index in [1.54, 1.807) is 18.0 Å². The molecule has 0 aliphatic heterocycles. The first-order chi connectivity index (χ1) is 12.4. The average molecular weight is 346 g/mol. The van der Waals surface area contributed by atoms with Gasteiger partial charge in [0.1, 0.15) is 11.4 Å². The molecule has 1 amide bonds. The Balaban J connectivity index is 1.88. The van der Waals surface area contributed by atoms with Crippen LogP contribution >= 0.6 is 0 Å². The molecule has 0 N–H and O–H groups in total. The zero-order valence-corrected chi connectivity index (χ0v) is 15.5. The molecule has 0 saturated heterocycles. The Kier molecular flexibility index (Phi) is 5.03. The first-order valence-electron chi connectivity index (χ1n) is 8.50. The van der Waals surface area contributed by atoms with Crippen LogP contribution in [0.2, 0.25) is 0 Å². The molecule has 26 heavy (non-hydrogen) atoms. The van der Waals surface area contributed by atoms with E-state index in [0.717, 1.165) is 22.4 Å². The Bertz CT molecular complexity index is 950. The Labute approximate surface area is 154 Å². The summed E-state index contributed by atoms with van der Waals surface area (Å²) in [5.74, 6) is 0.943. The third-order valence-electron chi connectivity index (χ3n) is 4.07. The largest absolute Gasteiger partial charge is 0.439 e. The van der Waals surface area contributed by atoms with Crippen molar-refractivity contribution in [3.63, 3.8) is 0 Å². The molecule has 1 heterocycles. The van der Waals surface area contributed by atoms with E-state index in [1.165, 1.54) is 0 Å². The van der Waals surface area contributed by atoms with Crippen LogP contribution in [-0.2, 0) is 0 Å². The summed E-state index contributed by atoms with van der Waals surface area (Å²) in [5.41, 5.74) is 4.31. The molecule has 4 nitrogen and oxygen atoms in total. The summed E-state index contributed by atoms with van der Waals surface area (Å²) in [5, 5.41) is 0. The van der Waals surface area contributed by atoms with Crippen molar-refractivity contribution in [1.29, 1.82) is 0 Å². The van der Waals surface area contributed by atoms with Crippen molar-refractivity contribution in [2.24, 2.45) is 0 Å². The average Bonchev–Trinajstić information content (AvgIpc) is 2.60. The second-order valence-corrected chi connectivity index (χ2v) is 6.49. The van der Waals surface area contributed by atoms with Crippen LogP contribution in [0.4, 0.5) is 5.69 Å². The van der Waals surface area contributed by atoms with Crippen LogP contribution < -0.4 is 9.64 Å². The Morgan fingerprint density at radius 1 is 0.885 bits per heavy atom. The zero-order valence-electron chi connectivity index (χ0n) is 15.5. The van der Waals surface area contributed by atoms with Crippen molar-refractivity contribution >= 4 is 11.6 Å². The van der Waals surface area contributed by atoms with Crippen LogP contribution in [0, 0.1) is 20.8 Å². The predicted molar refractivity (Wildman–Crippen MR) is 104 cm³/mol. The van der Waals surface area contributed by atoms with Gasteiger partial charge >= 0.3 is 0 Å². The van der Waals surface area contributed by atoms with E-state index in [9.17, 15) is 4.79 Å². The van der Waals surface area contributed by atoms with Gasteiger partial charge in [-0.25, -0.2) is 4.98 Å². The van der Waals surface area contributed by atoms with E-state index in [4.69, 9.17) is 4.74 Å². The number of hydrogen-bond acceptors (Lipinski definition) is 3. The van der Waals surface area contributed by atoms with Gasteiger partial charge in [-0.3, -0.25) is 4.79 Å². The van der Waals surface area contributed by atoms with Crippen LogP contribution in [0.3, 0.4) is 0 Å². The number of anilines is 1. The number of nitrogens with zero attached hydrogens (tertiary/aromatic N) is 2. The summed E-state index contributed by atoms with van der Waals surface area (Å²) in [4.78, 5) is 18.9. The summed E-state index contributed by atoms with van der Waals surface area (Å²) < 4.78 is 5.85. The molecule has 4 heteroatoms. The van der Waals surface area contributed by atoms with Crippen molar-refractivity contribution in [3.05, 3.63) is 83.0 Å². The van der Waals surface area contributed by atoms with Crippen molar-refractivity contribution < 1.29 is 9.53 Å². The lowest BCUT2D eigenvalue weighted by molar-refractivity contribution is 0.0987. The molecular weight excluding hydrogens is 324 g/mol. The third kappa shape index (κ3) is 4.09. The first kappa shape index (κ1) is 17.7. The number of pyridine rings is 1. The topological polar surface area (TPSA) is 42.4 Å². The highest BCUT2D eigenvalue weighted by Crippen LogP contribution is 2.23. The fraction of sp³-hybridized carbons (Fsp3) is 0.182. The molecular formula is C22H22N2O2. The van der Waals surface area contributed by atoms with Crippen molar-refractivity contribution in [2.45, 2.75) is 20.8 Å². The van der Waals surface area contributed by atoms with Crippen LogP contribution in [0.15, 0.2) is 60.7 Å². The lowest BCUT2D eigenvalue weighted by atomic mass is 10.2. The maximum absolute atomic E-state index is 12.9. The van der Waals surface area contributed by atoms with Gasteiger partial charge in [0.25, 0.3) is 5.91 Å². The number of ether oxygens (including phenoxy) is 1. The summed E-state index contributed by atoms with van der Waals surface area (Å²) >= 11 is 0. The van der Waals surface area contributed by atoms with Gasteiger partial charge in [0.15, 0.2) is 0 Å². The van der Waals surface area contributed by atoms with Crippen LogP contribution in [0.5, 0.6) is 11.6 Å². The lowest BCUT2D eigenvalue weighted by Gasteiger charge is -2.18.